The van der Waals surface area contributed by atoms with Crippen LogP contribution >= 0.6 is 0 Å². The van der Waals surface area contributed by atoms with E-state index >= 15 is 0 Å². The third-order valence-corrected chi connectivity index (χ3v) is 6.02. The monoisotopic (exact) mass is 396 g/mol. The van der Waals surface area contributed by atoms with Crippen molar-refractivity contribution in [2.75, 3.05) is 38.9 Å². The minimum absolute atomic E-state index is 0.116. The molecule has 0 radical (unpaired) electrons. The number of carbonyl (C=O) groups is 1. The van der Waals surface area contributed by atoms with Gasteiger partial charge in [0.25, 0.3) is 0 Å². The highest BCUT2D eigenvalue weighted by molar-refractivity contribution is 5.89. The molecule has 1 saturated heterocycles. The van der Waals surface area contributed by atoms with Crippen molar-refractivity contribution in [1.82, 2.24) is 4.90 Å². The van der Waals surface area contributed by atoms with Gasteiger partial charge in [0.2, 0.25) is 6.79 Å². The summed E-state index contributed by atoms with van der Waals surface area (Å²) in [6.45, 7) is 2.15. The third kappa shape index (κ3) is 3.15. The van der Waals surface area contributed by atoms with Crippen molar-refractivity contribution in [1.29, 1.82) is 0 Å². The lowest BCUT2D eigenvalue weighted by Gasteiger charge is -2.45. The Morgan fingerprint density at radius 1 is 1.14 bits per heavy atom. The molecule has 5 rings (SSSR count). The molecular weight excluding hydrogens is 372 g/mol. The van der Waals surface area contributed by atoms with Gasteiger partial charge in [0.05, 0.1) is 13.7 Å². The van der Waals surface area contributed by atoms with Crippen molar-refractivity contribution in [2.24, 2.45) is 0 Å². The van der Waals surface area contributed by atoms with Gasteiger partial charge in [0.15, 0.2) is 11.5 Å². The molecule has 29 heavy (non-hydrogen) atoms. The van der Waals surface area contributed by atoms with E-state index < -0.39 is 0 Å². The zero-order valence-electron chi connectivity index (χ0n) is 16.4. The van der Waals surface area contributed by atoms with Crippen molar-refractivity contribution in [2.45, 2.75) is 24.9 Å². The number of amides is 2. The molecule has 1 fully saturated rings. The van der Waals surface area contributed by atoms with Crippen molar-refractivity contribution in [3.05, 3.63) is 47.5 Å². The summed E-state index contributed by atoms with van der Waals surface area (Å²) < 4.78 is 22.6. The predicted molar refractivity (Wildman–Crippen MR) is 107 cm³/mol. The van der Waals surface area contributed by atoms with Gasteiger partial charge in [-0.2, -0.15) is 0 Å². The molecule has 3 aliphatic heterocycles. The Kier molecular flexibility index (Phi) is 4.47. The number of fused-ring (bicyclic) bond motifs is 3. The molecule has 0 unspecified atom stereocenters. The highest BCUT2D eigenvalue weighted by Gasteiger charge is 2.43. The Labute approximate surface area is 169 Å². The van der Waals surface area contributed by atoms with E-state index in [4.69, 9.17) is 18.9 Å². The fraction of sp³-hybridized carbons (Fsp3) is 0.409. The zero-order chi connectivity index (χ0) is 19.8. The summed E-state index contributed by atoms with van der Waals surface area (Å²) in [5.41, 5.74) is 2.76. The average Bonchev–Trinajstić information content (AvgIpc) is 3.22. The fourth-order valence-electron chi connectivity index (χ4n) is 4.54. The lowest BCUT2D eigenvalue weighted by atomic mass is 9.79. The van der Waals surface area contributed by atoms with Gasteiger partial charge >= 0.3 is 6.03 Å². The number of ether oxygens (including phenoxy) is 4. The summed E-state index contributed by atoms with van der Waals surface area (Å²) in [6.07, 6.45) is 2.38. The summed E-state index contributed by atoms with van der Waals surface area (Å²) in [5, 5.41) is 2.96. The van der Waals surface area contributed by atoms with Crippen LogP contribution in [-0.2, 0) is 16.8 Å². The first-order valence-corrected chi connectivity index (χ1v) is 9.94. The minimum Gasteiger partial charge on any atom is -0.496 e. The Morgan fingerprint density at radius 2 is 1.97 bits per heavy atom. The molecular formula is C22H24N2O5. The van der Waals surface area contributed by atoms with Crippen molar-refractivity contribution in [3.8, 4) is 17.2 Å². The van der Waals surface area contributed by atoms with E-state index in [9.17, 15) is 4.79 Å². The van der Waals surface area contributed by atoms with Crippen LogP contribution in [0.15, 0.2) is 36.4 Å². The van der Waals surface area contributed by atoms with Crippen molar-refractivity contribution < 1.29 is 23.7 Å². The number of methoxy groups -OCH3 is 1. The molecule has 2 aromatic rings. The molecule has 2 amide bonds. The quantitative estimate of drug-likeness (QED) is 0.841. The summed E-state index contributed by atoms with van der Waals surface area (Å²) in [7, 11) is 1.70. The summed E-state index contributed by atoms with van der Waals surface area (Å²) in [6, 6.07) is 11.5. The van der Waals surface area contributed by atoms with Crippen molar-refractivity contribution >= 4 is 11.7 Å². The maximum absolute atomic E-state index is 12.8. The topological polar surface area (TPSA) is 69.3 Å². The number of likely N-dealkylation sites (tertiary alicyclic amines) is 1. The molecule has 0 aliphatic carbocycles. The van der Waals surface area contributed by atoms with Crippen LogP contribution in [0.25, 0.3) is 0 Å². The highest BCUT2D eigenvalue weighted by Crippen LogP contribution is 2.45. The van der Waals surface area contributed by atoms with Crippen LogP contribution in [0.3, 0.4) is 0 Å². The largest absolute Gasteiger partial charge is 0.496 e. The van der Waals surface area contributed by atoms with Crippen LogP contribution in [0.1, 0.15) is 24.0 Å². The number of nitrogens with zero attached hydrogens (tertiary/aromatic N) is 1. The second kappa shape index (κ2) is 7.15. The van der Waals surface area contributed by atoms with Gasteiger partial charge in [-0.3, -0.25) is 0 Å². The Bertz CT molecular complexity index is 923. The van der Waals surface area contributed by atoms with Crippen LogP contribution in [0, 0.1) is 0 Å². The fourth-order valence-corrected chi connectivity index (χ4v) is 4.54. The van der Waals surface area contributed by atoms with Gasteiger partial charge in [-0.15, -0.1) is 0 Å². The van der Waals surface area contributed by atoms with Gasteiger partial charge < -0.3 is 29.2 Å². The van der Waals surface area contributed by atoms with Gasteiger partial charge in [0.1, 0.15) is 11.4 Å². The number of carbonyl (C=O) groups excluding carboxylic acids is 1. The first-order valence-electron chi connectivity index (χ1n) is 9.94. The SMILES string of the molecule is COc1cccc2c1C1(CCN(C(=O)Nc3ccc4c(c3)OCO4)CC1)OCC2. The van der Waals surface area contributed by atoms with Crippen LogP contribution in [0.4, 0.5) is 10.5 Å². The molecule has 2 aromatic carbocycles. The van der Waals surface area contributed by atoms with E-state index in [0.29, 0.717) is 36.9 Å². The highest BCUT2D eigenvalue weighted by atomic mass is 16.7. The first kappa shape index (κ1) is 18.1. The second-order valence-corrected chi connectivity index (χ2v) is 7.57. The Balaban J connectivity index is 1.29. The van der Waals surface area contributed by atoms with Crippen molar-refractivity contribution in [3.63, 3.8) is 0 Å². The number of urea groups is 1. The van der Waals surface area contributed by atoms with Gasteiger partial charge in [0, 0.05) is 30.4 Å². The van der Waals surface area contributed by atoms with E-state index in [-0.39, 0.29) is 18.4 Å². The predicted octanol–water partition coefficient (Wildman–Crippen LogP) is 3.52. The Morgan fingerprint density at radius 3 is 2.79 bits per heavy atom. The zero-order valence-corrected chi connectivity index (χ0v) is 16.4. The van der Waals surface area contributed by atoms with E-state index in [1.54, 1.807) is 13.2 Å². The molecule has 152 valence electrons. The number of rotatable bonds is 2. The molecule has 3 heterocycles. The van der Waals surface area contributed by atoms with E-state index in [0.717, 1.165) is 30.6 Å². The van der Waals surface area contributed by atoms with Gasteiger partial charge in [-0.25, -0.2) is 4.79 Å². The standard InChI is InChI=1S/C22H24N2O5/c1-26-18-4-2-3-15-7-12-29-22(20(15)18)8-10-24(11-9-22)21(25)23-16-5-6-17-19(13-16)28-14-27-17/h2-6,13H,7-12,14H2,1H3,(H,23,25). The molecule has 0 atom stereocenters. The molecule has 0 bridgehead atoms. The minimum atomic E-state index is -0.379. The van der Waals surface area contributed by atoms with E-state index in [1.165, 1.54) is 5.56 Å². The molecule has 0 aromatic heterocycles. The second-order valence-electron chi connectivity index (χ2n) is 7.57. The van der Waals surface area contributed by atoms with Crippen LogP contribution < -0.4 is 19.5 Å². The average molecular weight is 396 g/mol. The molecule has 0 saturated carbocycles. The first-order chi connectivity index (χ1) is 14.2. The Hall–Kier alpha value is -2.93. The normalized spacial score (nSPS) is 19.0. The maximum atomic E-state index is 12.8. The summed E-state index contributed by atoms with van der Waals surface area (Å²) >= 11 is 0. The molecule has 3 aliphatic rings. The number of piperidine rings is 1. The molecule has 1 N–H and O–H groups in total. The maximum Gasteiger partial charge on any atom is 0.321 e. The number of anilines is 1. The van der Waals surface area contributed by atoms with Gasteiger partial charge in [-0.1, -0.05) is 12.1 Å². The van der Waals surface area contributed by atoms with E-state index in [2.05, 4.69) is 11.4 Å². The third-order valence-electron chi connectivity index (χ3n) is 6.02. The molecule has 7 nitrogen and oxygen atoms in total. The lowest BCUT2D eigenvalue weighted by Crippen LogP contribution is -2.49. The van der Waals surface area contributed by atoms with Gasteiger partial charge in [-0.05, 0) is 43.0 Å². The molecule has 1 spiro atoms. The van der Waals surface area contributed by atoms with Crippen LogP contribution in [-0.4, -0.2) is 44.5 Å². The number of hydrogen-bond acceptors (Lipinski definition) is 5. The molecule has 7 heteroatoms. The van der Waals surface area contributed by atoms with Crippen LogP contribution in [0.2, 0.25) is 0 Å². The number of benzene rings is 2. The van der Waals surface area contributed by atoms with Crippen LogP contribution in [0.5, 0.6) is 17.2 Å². The number of nitrogens with one attached hydrogen (secondary N) is 1. The van der Waals surface area contributed by atoms with E-state index in [1.807, 2.05) is 29.2 Å². The number of hydrogen-bond donors (Lipinski definition) is 1. The summed E-state index contributed by atoms with van der Waals surface area (Å²) in [5.74, 6) is 2.23. The lowest BCUT2D eigenvalue weighted by molar-refractivity contribution is -0.0932. The summed E-state index contributed by atoms with van der Waals surface area (Å²) in [4.78, 5) is 14.6. The smallest absolute Gasteiger partial charge is 0.321 e.